The van der Waals surface area contributed by atoms with Gasteiger partial charge in [0.25, 0.3) is 0 Å². The normalized spacial score (nSPS) is 12.2. The summed E-state index contributed by atoms with van der Waals surface area (Å²) in [7, 11) is 1.37. The summed E-state index contributed by atoms with van der Waals surface area (Å²) < 4.78 is 4.73. The van der Waals surface area contributed by atoms with Crippen LogP contribution in [0.1, 0.15) is 35.7 Å². The molecule has 18 heavy (non-hydrogen) atoms. The van der Waals surface area contributed by atoms with Crippen molar-refractivity contribution in [3.8, 4) is 0 Å². The Bertz CT molecular complexity index is 379. The number of carbonyl (C=O) groups excluding carboxylic acids is 1. The summed E-state index contributed by atoms with van der Waals surface area (Å²) >= 11 is 0. The molecule has 0 spiro atoms. The lowest BCUT2D eigenvalue weighted by molar-refractivity contribution is 0.0599. The number of benzene rings is 1. The molecule has 1 aromatic rings. The van der Waals surface area contributed by atoms with Crippen LogP contribution in [0.15, 0.2) is 24.3 Å². The fraction of sp³-hybridized carbons (Fsp3) is 0.500. The fourth-order valence-corrected chi connectivity index (χ4v) is 1.79. The number of rotatable bonds is 7. The van der Waals surface area contributed by atoms with E-state index in [1.165, 1.54) is 7.11 Å². The van der Waals surface area contributed by atoms with Crippen LogP contribution in [0.2, 0.25) is 0 Å². The number of nitrogens with one attached hydrogen (secondary N) is 1. The maximum Gasteiger partial charge on any atom is 0.338 e. The lowest BCUT2D eigenvalue weighted by Gasteiger charge is -2.12. The minimum atomic E-state index is -0.333. The van der Waals surface area contributed by atoms with E-state index in [0.717, 1.165) is 18.4 Å². The van der Waals surface area contributed by atoms with Gasteiger partial charge in [-0.1, -0.05) is 31.5 Å². The molecule has 0 saturated heterocycles. The van der Waals surface area contributed by atoms with Gasteiger partial charge in [-0.05, 0) is 18.1 Å². The number of ether oxygens (including phenoxy) is 1. The number of hydrogen-bond donors (Lipinski definition) is 2. The maximum absolute atomic E-state index is 11.5. The second-order valence-electron chi connectivity index (χ2n) is 4.22. The minimum Gasteiger partial charge on any atom is -0.465 e. The van der Waals surface area contributed by atoms with Crippen LogP contribution < -0.4 is 5.32 Å². The highest BCUT2D eigenvalue weighted by Gasteiger charge is 2.10. The van der Waals surface area contributed by atoms with Crippen LogP contribution >= 0.6 is 0 Å². The van der Waals surface area contributed by atoms with Crippen LogP contribution in [0.5, 0.6) is 0 Å². The summed E-state index contributed by atoms with van der Waals surface area (Å²) in [6.07, 6.45) is 1.41. The lowest BCUT2D eigenvalue weighted by Crippen LogP contribution is -2.26. The van der Waals surface area contributed by atoms with E-state index < -0.39 is 0 Å². The Balaban J connectivity index is 2.54. The van der Waals surface area contributed by atoms with Gasteiger partial charge in [-0.25, -0.2) is 4.79 Å². The van der Waals surface area contributed by atoms with Crippen molar-refractivity contribution in [3.63, 3.8) is 0 Å². The van der Waals surface area contributed by atoms with Crippen molar-refractivity contribution >= 4 is 5.97 Å². The Labute approximate surface area is 108 Å². The highest BCUT2D eigenvalue weighted by Crippen LogP contribution is 2.09. The Morgan fingerprint density at radius 3 is 2.83 bits per heavy atom. The van der Waals surface area contributed by atoms with Crippen molar-refractivity contribution in [3.05, 3.63) is 35.4 Å². The van der Waals surface area contributed by atoms with E-state index in [9.17, 15) is 9.90 Å². The molecule has 100 valence electrons. The molecule has 0 radical (unpaired) electrons. The van der Waals surface area contributed by atoms with Crippen LogP contribution in [0, 0.1) is 0 Å². The standard InChI is InChI=1S/C14H21NO3/c1-3-6-12(16)10-15-9-11-7-4-5-8-13(11)14(17)18-2/h4-5,7-8,12,15-16H,3,6,9-10H2,1-2H3. The second kappa shape index (κ2) is 7.84. The Hall–Kier alpha value is -1.39. The van der Waals surface area contributed by atoms with Crippen molar-refractivity contribution in [1.82, 2.24) is 5.32 Å². The van der Waals surface area contributed by atoms with Gasteiger partial charge in [0.15, 0.2) is 0 Å². The molecular weight excluding hydrogens is 230 g/mol. The zero-order chi connectivity index (χ0) is 13.4. The van der Waals surface area contributed by atoms with E-state index in [-0.39, 0.29) is 12.1 Å². The van der Waals surface area contributed by atoms with Crippen LogP contribution in [0.4, 0.5) is 0 Å². The Morgan fingerprint density at radius 2 is 2.17 bits per heavy atom. The van der Waals surface area contributed by atoms with Gasteiger partial charge in [-0.3, -0.25) is 0 Å². The zero-order valence-electron chi connectivity index (χ0n) is 11.0. The zero-order valence-corrected chi connectivity index (χ0v) is 11.0. The predicted octanol–water partition coefficient (Wildman–Crippen LogP) is 1.72. The first-order chi connectivity index (χ1) is 8.69. The van der Waals surface area contributed by atoms with E-state index >= 15 is 0 Å². The third kappa shape index (κ3) is 4.47. The first-order valence-electron chi connectivity index (χ1n) is 6.24. The molecule has 0 aliphatic rings. The third-order valence-electron chi connectivity index (χ3n) is 2.74. The average Bonchev–Trinajstić information content (AvgIpc) is 2.39. The van der Waals surface area contributed by atoms with Gasteiger partial charge in [-0.15, -0.1) is 0 Å². The molecule has 0 bridgehead atoms. The Morgan fingerprint density at radius 1 is 1.44 bits per heavy atom. The molecule has 1 atom stereocenters. The molecule has 0 fully saturated rings. The highest BCUT2D eigenvalue weighted by atomic mass is 16.5. The van der Waals surface area contributed by atoms with Gasteiger partial charge in [0.1, 0.15) is 0 Å². The van der Waals surface area contributed by atoms with Crippen molar-refractivity contribution in [2.24, 2.45) is 0 Å². The average molecular weight is 251 g/mol. The van der Waals surface area contributed by atoms with Crippen molar-refractivity contribution in [1.29, 1.82) is 0 Å². The molecule has 4 heteroatoms. The van der Waals surface area contributed by atoms with E-state index in [0.29, 0.717) is 18.7 Å². The van der Waals surface area contributed by atoms with E-state index in [2.05, 4.69) is 5.32 Å². The molecule has 0 saturated carbocycles. The first kappa shape index (κ1) is 14.7. The minimum absolute atomic E-state index is 0.332. The van der Waals surface area contributed by atoms with Crippen LogP contribution in [0.25, 0.3) is 0 Å². The molecule has 2 N–H and O–H groups in total. The smallest absolute Gasteiger partial charge is 0.338 e. The second-order valence-corrected chi connectivity index (χ2v) is 4.22. The third-order valence-corrected chi connectivity index (χ3v) is 2.74. The molecule has 1 unspecified atom stereocenters. The number of esters is 1. The molecule has 4 nitrogen and oxygen atoms in total. The van der Waals surface area contributed by atoms with Crippen molar-refractivity contribution in [2.45, 2.75) is 32.4 Å². The number of aliphatic hydroxyl groups is 1. The van der Waals surface area contributed by atoms with Gasteiger partial charge in [0, 0.05) is 13.1 Å². The quantitative estimate of drug-likeness (QED) is 0.724. The monoisotopic (exact) mass is 251 g/mol. The summed E-state index contributed by atoms with van der Waals surface area (Å²) in [5.41, 5.74) is 1.45. The first-order valence-corrected chi connectivity index (χ1v) is 6.24. The molecular formula is C14H21NO3. The van der Waals surface area contributed by atoms with Crippen LogP contribution in [-0.4, -0.2) is 30.8 Å². The maximum atomic E-state index is 11.5. The van der Waals surface area contributed by atoms with Crippen LogP contribution in [0.3, 0.4) is 0 Å². The van der Waals surface area contributed by atoms with Crippen LogP contribution in [-0.2, 0) is 11.3 Å². The Kier molecular flexibility index (Phi) is 6.39. The largest absolute Gasteiger partial charge is 0.465 e. The topological polar surface area (TPSA) is 58.6 Å². The van der Waals surface area contributed by atoms with Crippen molar-refractivity contribution in [2.75, 3.05) is 13.7 Å². The van der Waals surface area contributed by atoms with Gasteiger partial charge < -0.3 is 15.2 Å². The molecule has 1 rings (SSSR count). The van der Waals surface area contributed by atoms with E-state index in [1.54, 1.807) is 6.07 Å². The van der Waals surface area contributed by atoms with Gasteiger partial charge >= 0.3 is 5.97 Å². The molecule has 1 aromatic carbocycles. The SMILES string of the molecule is CCCC(O)CNCc1ccccc1C(=O)OC. The molecule has 0 heterocycles. The molecule has 0 aliphatic heterocycles. The molecule has 0 aromatic heterocycles. The predicted molar refractivity (Wildman–Crippen MR) is 70.4 cm³/mol. The molecule has 0 amide bonds. The van der Waals surface area contributed by atoms with E-state index in [4.69, 9.17) is 4.74 Å². The summed E-state index contributed by atoms with van der Waals surface area (Å²) in [5, 5.41) is 12.7. The van der Waals surface area contributed by atoms with Gasteiger partial charge in [-0.2, -0.15) is 0 Å². The summed E-state index contributed by atoms with van der Waals surface area (Å²) in [6.45, 7) is 3.12. The summed E-state index contributed by atoms with van der Waals surface area (Å²) in [5.74, 6) is -0.332. The number of aliphatic hydroxyl groups excluding tert-OH is 1. The fourth-order valence-electron chi connectivity index (χ4n) is 1.79. The van der Waals surface area contributed by atoms with Crippen molar-refractivity contribution < 1.29 is 14.6 Å². The number of hydrogen-bond acceptors (Lipinski definition) is 4. The van der Waals surface area contributed by atoms with E-state index in [1.807, 2.05) is 25.1 Å². The number of methoxy groups -OCH3 is 1. The lowest BCUT2D eigenvalue weighted by atomic mass is 10.1. The molecule has 0 aliphatic carbocycles. The highest BCUT2D eigenvalue weighted by molar-refractivity contribution is 5.90. The number of carbonyl (C=O) groups is 1. The van der Waals surface area contributed by atoms with Gasteiger partial charge in [0.2, 0.25) is 0 Å². The van der Waals surface area contributed by atoms with Gasteiger partial charge in [0.05, 0.1) is 18.8 Å². The summed E-state index contributed by atoms with van der Waals surface area (Å²) in [4.78, 5) is 11.5. The summed E-state index contributed by atoms with van der Waals surface area (Å²) in [6, 6.07) is 7.31.